The quantitative estimate of drug-likeness (QED) is 0.893. The Morgan fingerprint density at radius 3 is 2.92 bits per heavy atom. The van der Waals surface area contributed by atoms with Gasteiger partial charge in [0.15, 0.2) is 0 Å². The molecular weight excluding hydrogens is 325 g/mol. The smallest absolute Gasteiger partial charge is 0.319 e. The molecule has 25 heavy (non-hydrogen) atoms. The lowest BCUT2D eigenvalue weighted by Crippen LogP contribution is -2.40. The minimum Gasteiger partial charge on any atom is -0.464 e. The summed E-state index contributed by atoms with van der Waals surface area (Å²) in [6.45, 7) is 2.92. The molecule has 1 aromatic heterocycles. The monoisotopic (exact) mass is 345 g/mol. The van der Waals surface area contributed by atoms with Crippen LogP contribution in [-0.4, -0.2) is 36.0 Å². The number of anilines is 1. The van der Waals surface area contributed by atoms with E-state index in [1.54, 1.807) is 23.1 Å². The van der Waals surface area contributed by atoms with Crippen LogP contribution in [0.2, 0.25) is 0 Å². The minimum absolute atomic E-state index is 0.0712. The first-order chi connectivity index (χ1) is 12.1. The van der Waals surface area contributed by atoms with Gasteiger partial charge in [-0.2, -0.15) is 0 Å². The van der Waals surface area contributed by atoms with Gasteiger partial charge in [-0.25, -0.2) is 9.18 Å². The number of amides is 3. The Bertz CT molecular complexity index is 761. The van der Waals surface area contributed by atoms with E-state index >= 15 is 0 Å². The zero-order chi connectivity index (χ0) is 17.8. The summed E-state index contributed by atoms with van der Waals surface area (Å²) >= 11 is 0. The first-order valence-electron chi connectivity index (χ1n) is 8.25. The molecule has 6 nitrogen and oxygen atoms in total. The average molecular weight is 345 g/mol. The molecule has 0 spiro atoms. The van der Waals surface area contributed by atoms with Gasteiger partial charge in [0.2, 0.25) is 5.91 Å². The molecular formula is C18H20FN3O3. The summed E-state index contributed by atoms with van der Waals surface area (Å²) in [5.74, 6) is 0.134. The summed E-state index contributed by atoms with van der Waals surface area (Å²) in [5, 5.41) is 5.31. The molecule has 3 rings (SSSR count). The normalized spacial score (nSPS) is 16.7. The highest BCUT2D eigenvalue weighted by Crippen LogP contribution is 2.25. The van der Waals surface area contributed by atoms with Crippen LogP contribution in [0.15, 0.2) is 41.0 Å². The van der Waals surface area contributed by atoms with Crippen molar-refractivity contribution >= 4 is 17.6 Å². The van der Waals surface area contributed by atoms with Crippen molar-refractivity contribution in [2.45, 2.75) is 25.8 Å². The zero-order valence-electron chi connectivity index (χ0n) is 13.9. The topological polar surface area (TPSA) is 74.6 Å². The summed E-state index contributed by atoms with van der Waals surface area (Å²) in [7, 11) is 0. The molecule has 0 aliphatic carbocycles. The van der Waals surface area contributed by atoms with Crippen molar-refractivity contribution in [3.05, 3.63) is 42.4 Å². The van der Waals surface area contributed by atoms with Crippen molar-refractivity contribution in [1.29, 1.82) is 0 Å². The maximum Gasteiger partial charge on any atom is 0.319 e. The molecule has 2 aromatic rings. The average Bonchev–Trinajstić information content (AvgIpc) is 3.28. The van der Waals surface area contributed by atoms with Gasteiger partial charge < -0.3 is 20.0 Å². The van der Waals surface area contributed by atoms with Gasteiger partial charge in [0.1, 0.15) is 11.6 Å². The number of carbonyl (C=O) groups excluding carboxylic acids is 2. The van der Waals surface area contributed by atoms with Gasteiger partial charge >= 0.3 is 6.03 Å². The van der Waals surface area contributed by atoms with Gasteiger partial charge in [-0.1, -0.05) is 6.92 Å². The Morgan fingerprint density at radius 2 is 2.20 bits per heavy atom. The minimum atomic E-state index is -0.528. The number of benzene rings is 1. The summed E-state index contributed by atoms with van der Waals surface area (Å²) in [5.41, 5.74) is 0.744. The number of carbonyl (C=O) groups is 2. The lowest BCUT2D eigenvalue weighted by molar-refractivity contribution is -0.129. The van der Waals surface area contributed by atoms with E-state index in [9.17, 15) is 14.0 Å². The number of furan rings is 1. The summed E-state index contributed by atoms with van der Waals surface area (Å²) in [6, 6.07) is 7.26. The predicted octanol–water partition coefficient (Wildman–Crippen LogP) is 3.22. The maximum absolute atomic E-state index is 14.0. The molecule has 1 saturated heterocycles. The number of likely N-dealkylation sites (tertiary alicyclic amines) is 1. The molecule has 0 bridgehead atoms. The van der Waals surface area contributed by atoms with Gasteiger partial charge in [-0.3, -0.25) is 4.79 Å². The number of urea groups is 1. The Labute approximate surface area is 145 Å². The van der Waals surface area contributed by atoms with E-state index in [2.05, 4.69) is 10.6 Å². The van der Waals surface area contributed by atoms with Gasteiger partial charge in [0.05, 0.1) is 12.0 Å². The summed E-state index contributed by atoms with van der Waals surface area (Å²) in [6.07, 6.45) is 2.67. The summed E-state index contributed by atoms with van der Waals surface area (Å²) < 4.78 is 19.3. The van der Waals surface area contributed by atoms with E-state index < -0.39 is 11.8 Å². The second kappa shape index (κ2) is 7.38. The number of rotatable bonds is 4. The van der Waals surface area contributed by atoms with E-state index in [0.717, 1.165) is 0 Å². The highest BCUT2D eigenvalue weighted by Gasteiger charge is 2.26. The Balaban J connectivity index is 1.62. The van der Waals surface area contributed by atoms with Crippen LogP contribution in [-0.2, 0) is 4.79 Å². The molecule has 1 aromatic carbocycles. The van der Waals surface area contributed by atoms with Crippen LogP contribution in [0.5, 0.6) is 0 Å². The third-order valence-electron chi connectivity index (χ3n) is 4.20. The molecule has 1 aliphatic rings. The molecule has 3 amide bonds. The van der Waals surface area contributed by atoms with Crippen LogP contribution in [0.25, 0.3) is 11.3 Å². The van der Waals surface area contributed by atoms with E-state index in [0.29, 0.717) is 37.3 Å². The number of nitrogens with one attached hydrogen (secondary N) is 2. The Morgan fingerprint density at radius 1 is 1.36 bits per heavy atom. The largest absolute Gasteiger partial charge is 0.464 e. The lowest BCUT2D eigenvalue weighted by Gasteiger charge is -2.17. The SMILES string of the molecule is CCC(=O)N1CCC(NC(=O)Nc2cc(-c3ccco3)ccc2F)C1. The molecule has 1 unspecified atom stereocenters. The van der Waals surface area contributed by atoms with E-state index in [1.807, 2.05) is 6.92 Å². The fraction of sp³-hybridized carbons (Fsp3) is 0.333. The number of halogens is 1. The number of hydrogen-bond donors (Lipinski definition) is 2. The molecule has 132 valence electrons. The fourth-order valence-corrected chi connectivity index (χ4v) is 2.89. The van der Waals surface area contributed by atoms with Gasteiger partial charge in [-0.15, -0.1) is 0 Å². The lowest BCUT2D eigenvalue weighted by atomic mass is 10.1. The molecule has 0 radical (unpaired) electrons. The van der Waals surface area contributed by atoms with Crippen LogP contribution >= 0.6 is 0 Å². The number of hydrogen-bond acceptors (Lipinski definition) is 3. The third kappa shape index (κ3) is 3.99. The van der Waals surface area contributed by atoms with Crippen molar-refractivity contribution < 1.29 is 18.4 Å². The third-order valence-corrected chi connectivity index (χ3v) is 4.20. The van der Waals surface area contributed by atoms with Crippen LogP contribution in [0.1, 0.15) is 19.8 Å². The van der Waals surface area contributed by atoms with Crippen molar-refractivity contribution in [3.8, 4) is 11.3 Å². The van der Waals surface area contributed by atoms with Gasteiger partial charge in [0, 0.05) is 31.1 Å². The van der Waals surface area contributed by atoms with Crippen LogP contribution < -0.4 is 10.6 Å². The van der Waals surface area contributed by atoms with E-state index in [4.69, 9.17) is 4.42 Å². The van der Waals surface area contributed by atoms with Crippen LogP contribution in [0, 0.1) is 5.82 Å². The Kier molecular flexibility index (Phi) is 5.02. The molecule has 2 N–H and O–H groups in total. The number of nitrogens with zero attached hydrogens (tertiary/aromatic N) is 1. The molecule has 1 atom stereocenters. The first kappa shape index (κ1) is 17.0. The standard InChI is InChI=1S/C18H20FN3O3/c1-2-17(23)22-8-7-13(11-22)20-18(24)21-15-10-12(5-6-14(15)19)16-4-3-9-25-16/h3-6,9-10,13H,2,7-8,11H2,1H3,(H2,20,21,24). The van der Waals surface area contributed by atoms with Crippen molar-refractivity contribution in [3.63, 3.8) is 0 Å². The highest BCUT2D eigenvalue weighted by atomic mass is 19.1. The van der Waals surface area contributed by atoms with Crippen LogP contribution in [0.4, 0.5) is 14.9 Å². The first-order valence-corrected chi connectivity index (χ1v) is 8.25. The maximum atomic E-state index is 14.0. The van der Waals surface area contributed by atoms with Crippen molar-refractivity contribution in [2.75, 3.05) is 18.4 Å². The van der Waals surface area contributed by atoms with E-state index in [-0.39, 0.29) is 17.6 Å². The zero-order valence-corrected chi connectivity index (χ0v) is 13.9. The van der Waals surface area contributed by atoms with Gasteiger partial charge in [0.25, 0.3) is 0 Å². The molecule has 2 heterocycles. The van der Waals surface area contributed by atoms with E-state index in [1.165, 1.54) is 18.4 Å². The second-order valence-corrected chi connectivity index (χ2v) is 5.95. The second-order valence-electron chi connectivity index (χ2n) is 5.95. The predicted molar refractivity (Wildman–Crippen MR) is 91.5 cm³/mol. The molecule has 1 fully saturated rings. The molecule has 7 heteroatoms. The highest BCUT2D eigenvalue weighted by molar-refractivity contribution is 5.90. The van der Waals surface area contributed by atoms with Crippen molar-refractivity contribution in [1.82, 2.24) is 10.2 Å². The molecule has 0 saturated carbocycles. The van der Waals surface area contributed by atoms with Gasteiger partial charge in [-0.05, 0) is 36.8 Å². The summed E-state index contributed by atoms with van der Waals surface area (Å²) in [4.78, 5) is 25.5. The fourth-order valence-electron chi connectivity index (χ4n) is 2.89. The Hall–Kier alpha value is -2.83. The van der Waals surface area contributed by atoms with Crippen LogP contribution in [0.3, 0.4) is 0 Å². The molecule has 1 aliphatic heterocycles. The van der Waals surface area contributed by atoms with Crippen molar-refractivity contribution in [2.24, 2.45) is 0 Å².